The maximum atomic E-state index is 11.5. The molecule has 0 saturated heterocycles. The summed E-state index contributed by atoms with van der Waals surface area (Å²) >= 11 is 0. The molecular formula is C13H27N2O2+. The van der Waals surface area contributed by atoms with Gasteiger partial charge < -0.3 is 15.8 Å². The van der Waals surface area contributed by atoms with Crippen molar-refractivity contribution in [2.24, 2.45) is 11.8 Å². The third-order valence-electron chi connectivity index (χ3n) is 3.04. The van der Waals surface area contributed by atoms with Gasteiger partial charge in [0.05, 0.1) is 19.6 Å². The Morgan fingerprint density at radius 3 is 2.65 bits per heavy atom. The highest BCUT2D eigenvalue weighted by Crippen LogP contribution is 2.20. The van der Waals surface area contributed by atoms with E-state index in [2.05, 4.69) is 24.6 Å². The first-order chi connectivity index (χ1) is 8.06. The fraction of sp³-hybridized carbons (Fsp3) is 0.769. The van der Waals surface area contributed by atoms with E-state index in [1.54, 1.807) is 0 Å². The number of methoxy groups -OCH3 is 1. The zero-order valence-corrected chi connectivity index (χ0v) is 11.4. The van der Waals surface area contributed by atoms with Crippen LogP contribution in [0.3, 0.4) is 0 Å². The van der Waals surface area contributed by atoms with E-state index in [1.807, 2.05) is 6.92 Å². The van der Waals surface area contributed by atoms with Crippen molar-refractivity contribution in [3.05, 3.63) is 12.3 Å². The Morgan fingerprint density at radius 2 is 2.18 bits per heavy atom. The van der Waals surface area contributed by atoms with Gasteiger partial charge in [0.15, 0.2) is 0 Å². The van der Waals surface area contributed by atoms with Crippen LogP contribution < -0.4 is 11.1 Å². The Labute approximate surface area is 105 Å². The molecule has 4 nitrogen and oxygen atoms in total. The molecule has 100 valence electrons. The number of ether oxygens (including phenoxy) is 1. The minimum atomic E-state index is -0.120. The molecule has 4 N–H and O–H groups in total. The zero-order valence-electron chi connectivity index (χ0n) is 11.4. The fourth-order valence-electron chi connectivity index (χ4n) is 1.71. The van der Waals surface area contributed by atoms with Gasteiger partial charge in [-0.15, -0.1) is 0 Å². The Hall–Kier alpha value is -1.03. The van der Waals surface area contributed by atoms with Gasteiger partial charge in [-0.2, -0.15) is 0 Å². The summed E-state index contributed by atoms with van der Waals surface area (Å²) in [5, 5.41) is 3.28. The molecule has 2 unspecified atom stereocenters. The molecular weight excluding hydrogens is 216 g/mol. The minimum absolute atomic E-state index is 0.0265. The van der Waals surface area contributed by atoms with E-state index in [1.165, 1.54) is 7.11 Å². The van der Waals surface area contributed by atoms with E-state index in [9.17, 15) is 4.79 Å². The van der Waals surface area contributed by atoms with Crippen molar-refractivity contribution >= 4 is 5.97 Å². The van der Waals surface area contributed by atoms with Gasteiger partial charge in [0.1, 0.15) is 0 Å². The summed E-state index contributed by atoms with van der Waals surface area (Å²) in [6, 6.07) is 0. The maximum Gasteiger partial charge on any atom is 0.308 e. The van der Waals surface area contributed by atoms with Gasteiger partial charge in [0, 0.05) is 18.7 Å². The Bertz CT molecular complexity index is 242. The summed E-state index contributed by atoms with van der Waals surface area (Å²) in [6.07, 6.45) is 2.64. The first-order valence-electron chi connectivity index (χ1n) is 6.36. The van der Waals surface area contributed by atoms with Crippen LogP contribution in [0.25, 0.3) is 0 Å². The number of carbonyl (C=O) groups excluding carboxylic acids is 1. The molecule has 0 aromatic rings. The average Bonchev–Trinajstić information content (AvgIpc) is 2.34. The van der Waals surface area contributed by atoms with Crippen molar-refractivity contribution in [3.63, 3.8) is 0 Å². The first kappa shape index (κ1) is 16.0. The summed E-state index contributed by atoms with van der Waals surface area (Å²) in [5.74, 6) is 0.134. The summed E-state index contributed by atoms with van der Waals surface area (Å²) in [4.78, 5) is 11.5. The second kappa shape index (κ2) is 9.05. The molecule has 0 aliphatic rings. The summed E-state index contributed by atoms with van der Waals surface area (Å²) in [6.45, 7) is 9.94. The van der Waals surface area contributed by atoms with Crippen LogP contribution in [-0.2, 0) is 9.53 Å². The lowest BCUT2D eigenvalue weighted by atomic mass is 9.92. The molecule has 0 bridgehead atoms. The first-order valence-corrected chi connectivity index (χ1v) is 6.36. The van der Waals surface area contributed by atoms with Crippen molar-refractivity contribution in [1.29, 1.82) is 0 Å². The van der Waals surface area contributed by atoms with Crippen molar-refractivity contribution < 1.29 is 15.3 Å². The molecule has 4 heteroatoms. The quantitative estimate of drug-likeness (QED) is 0.468. The zero-order chi connectivity index (χ0) is 13.3. The summed E-state index contributed by atoms with van der Waals surface area (Å²) in [5.41, 5.74) is 4.79. The number of carbonyl (C=O) groups is 1. The molecule has 0 aromatic heterocycles. The standard InChI is InChI=1S/C13H26N2O2/c1-5-12(13(16)17-4)9-10(2)11(3)15-8-6-7-14/h10,12,15H,3,5-9,14H2,1-2,4H3/p+1. The predicted octanol–water partition coefficient (Wildman–Crippen LogP) is 0.947. The number of nitrogens with one attached hydrogen (secondary N) is 1. The lowest BCUT2D eigenvalue weighted by Crippen LogP contribution is -2.51. The van der Waals surface area contributed by atoms with Crippen LogP contribution in [0.4, 0.5) is 0 Å². The number of hydrogen-bond donors (Lipinski definition) is 2. The van der Waals surface area contributed by atoms with Crippen molar-refractivity contribution in [2.45, 2.75) is 33.1 Å². The molecule has 2 atom stereocenters. The van der Waals surface area contributed by atoms with Gasteiger partial charge in [-0.1, -0.05) is 20.4 Å². The van der Waals surface area contributed by atoms with Gasteiger partial charge in [-0.3, -0.25) is 4.79 Å². The Morgan fingerprint density at radius 1 is 1.53 bits per heavy atom. The number of hydrogen-bond acceptors (Lipinski definition) is 3. The van der Waals surface area contributed by atoms with Crippen molar-refractivity contribution in [2.75, 3.05) is 20.2 Å². The average molecular weight is 243 g/mol. The van der Waals surface area contributed by atoms with Crippen LogP contribution in [-0.4, -0.2) is 26.2 Å². The molecule has 0 rings (SSSR count). The Kier molecular flexibility index (Phi) is 8.50. The number of esters is 1. The molecule has 0 spiro atoms. The SMILES string of the molecule is C=C(NCCC[NH3+])C(C)CC(CC)C(=O)OC. The lowest BCUT2D eigenvalue weighted by Gasteiger charge is -2.20. The number of quaternary nitrogens is 1. The molecule has 0 aliphatic carbocycles. The highest BCUT2D eigenvalue weighted by molar-refractivity contribution is 5.72. The van der Waals surface area contributed by atoms with E-state index in [0.717, 1.165) is 38.0 Å². The number of rotatable bonds is 9. The van der Waals surface area contributed by atoms with Crippen LogP contribution in [0, 0.1) is 11.8 Å². The smallest absolute Gasteiger partial charge is 0.308 e. The summed E-state index contributed by atoms with van der Waals surface area (Å²) in [7, 11) is 1.44. The molecule has 17 heavy (non-hydrogen) atoms. The lowest BCUT2D eigenvalue weighted by molar-refractivity contribution is -0.367. The highest BCUT2D eigenvalue weighted by atomic mass is 16.5. The predicted molar refractivity (Wildman–Crippen MR) is 69.1 cm³/mol. The van der Waals surface area contributed by atoms with Crippen molar-refractivity contribution in [3.8, 4) is 0 Å². The van der Waals surface area contributed by atoms with E-state index < -0.39 is 0 Å². The second-order valence-electron chi connectivity index (χ2n) is 4.42. The molecule has 0 heterocycles. The van der Waals surface area contributed by atoms with E-state index in [-0.39, 0.29) is 17.8 Å². The normalized spacial score (nSPS) is 13.9. The van der Waals surface area contributed by atoms with Gasteiger partial charge >= 0.3 is 5.97 Å². The van der Waals surface area contributed by atoms with Gasteiger partial charge in [-0.25, -0.2) is 0 Å². The molecule has 0 fully saturated rings. The molecule has 0 radical (unpaired) electrons. The molecule has 0 saturated carbocycles. The van der Waals surface area contributed by atoms with Crippen LogP contribution in [0.5, 0.6) is 0 Å². The maximum absolute atomic E-state index is 11.5. The van der Waals surface area contributed by atoms with Gasteiger partial charge in [-0.05, 0) is 18.8 Å². The van der Waals surface area contributed by atoms with E-state index >= 15 is 0 Å². The molecule has 0 aromatic carbocycles. The van der Waals surface area contributed by atoms with E-state index in [4.69, 9.17) is 4.74 Å². The van der Waals surface area contributed by atoms with Gasteiger partial charge in [0.2, 0.25) is 0 Å². The summed E-state index contributed by atoms with van der Waals surface area (Å²) < 4.78 is 4.79. The largest absolute Gasteiger partial charge is 0.469 e. The van der Waals surface area contributed by atoms with E-state index in [0.29, 0.717) is 0 Å². The molecule has 0 aliphatic heterocycles. The van der Waals surface area contributed by atoms with Crippen LogP contribution in [0.2, 0.25) is 0 Å². The third-order valence-corrected chi connectivity index (χ3v) is 3.04. The fourth-order valence-corrected chi connectivity index (χ4v) is 1.71. The Balaban J connectivity index is 4.07. The van der Waals surface area contributed by atoms with Crippen LogP contribution >= 0.6 is 0 Å². The van der Waals surface area contributed by atoms with Gasteiger partial charge in [0.25, 0.3) is 0 Å². The second-order valence-corrected chi connectivity index (χ2v) is 4.42. The van der Waals surface area contributed by atoms with Crippen molar-refractivity contribution in [1.82, 2.24) is 5.32 Å². The van der Waals surface area contributed by atoms with Crippen LogP contribution in [0.1, 0.15) is 33.1 Å². The topological polar surface area (TPSA) is 66.0 Å². The number of allylic oxidation sites excluding steroid dienone is 1. The third kappa shape index (κ3) is 6.31. The minimum Gasteiger partial charge on any atom is -0.469 e. The van der Waals surface area contributed by atoms with Crippen LogP contribution in [0.15, 0.2) is 12.3 Å². The molecule has 0 amide bonds. The monoisotopic (exact) mass is 243 g/mol. The highest BCUT2D eigenvalue weighted by Gasteiger charge is 2.21.